The summed E-state index contributed by atoms with van der Waals surface area (Å²) < 4.78 is 22.5. The van der Waals surface area contributed by atoms with E-state index in [1.807, 2.05) is 24.4 Å². The SMILES string of the molecule is CCc1ccccn1.[C-]#[O+].[C-]#[O+].[C-]#[O+].[Cr]. The molecule has 1 aromatic heterocycles. The maximum absolute atomic E-state index is 7.50. The van der Waals surface area contributed by atoms with Crippen LogP contribution in [-0.4, -0.2) is 4.98 Å². The van der Waals surface area contributed by atoms with Crippen LogP contribution in [0.1, 0.15) is 12.6 Å². The second-order valence-electron chi connectivity index (χ2n) is 1.67. The first kappa shape index (κ1) is 23.6. The molecular weight excluding hydrogens is 234 g/mol. The van der Waals surface area contributed by atoms with E-state index in [0.717, 1.165) is 12.1 Å². The van der Waals surface area contributed by atoms with Crippen LogP contribution in [0.15, 0.2) is 24.4 Å². The van der Waals surface area contributed by atoms with E-state index in [1.54, 1.807) is 0 Å². The van der Waals surface area contributed by atoms with Gasteiger partial charge in [0, 0.05) is 29.3 Å². The predicted octanol–water partition coefficient (Wildman–Crippen LogP) is 1.53. The third-order valence-electron chi connectivity index (χ3n) is 1.09. The van der Waals surface area contributed by atoms with Crippen LogP contribution in [0, 0.1) is 20.0 Å². The summed E-state index contributed by atoms with van der Waals surface area (Å²) in [6.45, 7) is 15.6. The zero-order valence-electron chi connectivity index (χ0n) is 8.10. The van der Waals surface area contributed by atoms with E-state index in [0.29, 0.717) is 0 Å². The fourth-order valence-corrected chi connectivity index (χ4v) is 0.607. The molecule has 0 bridgehead atoms. The van der Waals surface area contributed by atoms with E-state index in [-0.39, 0.29) is 17.4 Å². The maximum Gasteiger partial charge on any atom is 0 e. The quantitative estimate of drug-likeness (QED) is 0.544. The monoisotopic (exact) mass is 243 g/mol. The molecule has 15 heavy (non-hydrogen) atoms. The first-order valence-electron chi connectivity index (χ1n) is 3.44. The van der Waals surface area contributed by atoms with E-state index in [2.05, 4.69) is 31.9 Å². The van der Waals surface area contributed by atoms with Crippen LogP contribution >= 0.6 is 0 Å². The molecule has 0 amide bonds. The summed E-state index contributed by atoms with van der Waals surface area (Å²) in [4.78, 5) is 4.10. The number of hydrogen-bond donors (Lipinski definition) is 0. The molecule has 0 aliphatic heterocycles. The number of pyridine rings is 1. The Morgan fingerprint density at radius 1 is 1.07 bits per heavy atom. The first-order chi connectivity index (χ1) is 6.93. The van der Waals surface area contributed by atoms with Crippen LogP contribution in [0.5, 0.6) is 0 Å². The van der Waals surface area contributed by atoms with Gasteiger partial charge in [0.15, 0.2) is 0 Å². The van der Waals surface area contributed by atoms with E-state index in [1.165, 1.54) is 0 Å². The standard InChI is InChI=1S/C7H9N.3CO.Cr/c1-2-7-5-3-4-6-8-7;3*1-2;/h3-6H,2H2,1H3;;;;. The van der Waals surface area contributed by atoms with Gasteiger partial charge in [-0.1, -0.05) is 13.0 Å². The van der Waals surface area contributed by atoms with Gasteiger partial charge in [0.2, 0.25) is 0 Å². The summed E-state index contributed by atoms with van der Waals surface area (Å²) in [5, 5.41) is 0. The Balaban J connectivity index is -0.0000000755. The molecule has 0 unspecified atom stereocenters. The molecule has 0 fully saturated rings. The Hall–Kier alpha value is -1.10. The van der Waals surface area contributed by atoms with Gasteiger partial charge in [-0.05, 0) is 18.6 Å². The molecule has 1 heterocycles. The van der Waals surface area contributed by atoms with Gasteiger partial charge in [0.1, 0.15) is 0 Å². The molecule has 78 valence electrons. The van der Waals surface area contributed by atoms with Gasteiger partial charge in [-0.3, -0.25) is 4.98 Å². The molecule has 0 radical (unpaired) electrons. The fraction of sp³-hybridized carbons (Fsp3) is 0.200. The molecule has 5 heteroatoms. The van der Waals surface area contributed by atoms with Crippen molar-refractivity contribution in [2.24, 2.45) is 0 Å². The van der Waals surface area contributed by atoms with Crippen molar-refractivity contribution < 1.29 is 31.3 Å². The van der Waals surface area contributed by atoms with Crippen LogP contribution in [0.2, 0.25) is 0 Å². The summed E-state index contributed by atoms with van der Waals surface area (Å²) in [7, 11) is 0. The average Bonchev–Trinajstić information content (AvgIpc) is 2.37. The zero-order chi connectivity index (χ0) is 11.8. The molecule has 4 nitrogen and oxygen atoms in total. The number of rotatable bonds is 1. The summed E-state index contributed by atoms with van der Waals surface area (Å²) in [6.07, 6.45) is 2.85. The fourth-order valence-electron chi connectivity index (χ4n) is 0.607. The molecule has 0 aliphatic rings. The Labute approximate surface area is 100 Å². The van der Waals surface area contributed by atoms with Gasteiger partial charge in [0.05, 0.1) is 0 Å². The van der Waals surface area contributed by atoms with Gasteiger partial charge < -0.3 is 0 Å². The largest absolute Gasteiger partial charge is 0 e. The molecule has 1 aromatic rings. The molecule has 0 saturated heterocycles. The molecule has 0 aromatic carbocycles. The van der Waals surface area contributed by atoms with Crippen molar-refractivity contribution in [3.05, 3.63) is 50.0 Å². The minimum atomic E-state index is 0. The van der Waals surface area contributed by atoms with Crippen molar-refractivity contribution in [3.63, 3.8) is 0 Å². The summed E-state index contributed by atoms with van der Waals surface area (Å²) in [5.41, 5.74) is 1.16. The second-order valence-corrected chi connectivity index (χ2v) is 1.67. The zero-order valence-corrected chi connectivity index (χ0v) is 9.37. The summed E-state index contributed by atoms with van der Waals surface area (Å²) in [6, 6.07) is 5.96. The van der Waals surface area contributed by atoms with E-state index in [4.69, 9.17) is 14.0 Å². The minimum Gasteiger partial charge on any atom is 0 e. The van der Waals surface area contributed by atoms with Gasteiger partial charge in [-0.2, -0.15) is 0 Å². The molecular formula is C10H9CrNO3. The van der Waals surface area contributed by atoms with Crippen molar-refractivity contribution in [1.29, 1.82) is 0 Å². The van der Waals surface area contributed by atoms with Crippen LogP contribution in [-0.2, 0) is 37.7 Å². The smallest absolute Gasteiger partial charge is 0 e. The second kappa shape index (κ2) is 29.3. The maximum atomic E-state index is 7.50. The average molecular weight is 243 g/mol. The molecule has 0 aliphatic carbocycles. The van der Waals surface area contributed by atoms with Gasteiger partial charge in [-0.25, -0.2) is 0 Å². The van der Waals surface area contributed by atoms with Crippen LogP contribution in [0.25, 0.3) is 0 Å². The molecule has 0 spiro atoms. The first-order valence-corrected chi connectivity index (χ1v) is 3.44. The van der Waals surface area contributed by atoms with Crippen LogP contribution < -0.4 is 0 Å². The van der Waals surface area contributed by atoms with Crippen molar-refractivity contribution >= 4 is 0 Å². The topological polar surface area (TPSA) is 72.6 Å². The number of aromatic nitrogens is 1. The number of aryl methyl sites for hydroxylation is 1. The van der Waals surface area contributed by atoms with E-state index >= 15 is 0 Å². The van der Waals surface area contributed by atoms with E-state index < -0.39 is 0 Å². The number of nitrogens with zero attached hydrogens (tertiary/aromatic N) is 1. The predicted molar refractivity (Wildman–Crippen MR) is 45.4 cm³/mol. The molecule has 0 saturated carbocycles. The van der Waals surface area contributed by atoms with E-state index in [9.17, 15) is 0 Å². The third kappa shape index (κ3) is 19.4. The molecule has 1 rings (SSSR count). The Bertz CT molecular complexity index is 242. The molecule has 0 atom stereocenters. The Morgan fingerprint density at radius 3 is 1.73 bits per heavy atom. The van der Waals surface area contributed by atoms with Crippen LogP contribution in [0.4, 0.5) is 0 Å². The van der Waals surface area contributed by atoms with Crippen molar-refractivity contribution in [2.45, 2.75) is 13.3 Å². The van der Waals surface area contributed by atoms with Crippen molar-refractivity contribution in [2.75, 3.05) is 0 Å². The summed E-state index contributed by atoms with van der Waals surface area (Å²) >= 11 is 0. The van der Waals surface area contributed by atoms with Gasteiger partial charge >= 0.3 is 33.9 Å². The van der Waals surface area contributed by atoms with Crippen LogP contribution in [0.3, 0.4) is 0 Å². The normalized spacial score (nSPS) is 5.27. The Morgan fingerprint density at radius 2 is 1.53 bits per heavy atom. The van der Waals surface area contributed by atoms with Gasteiger partial charge in [-0.15, -0.1) is 0 Å². The molecule has 0 N–H and O–H groups in total. The summed E-state index contributed by atoms with van der Waals surface area (Å²) in [5.74, 6) is 0. The van der Waals surface area contributed by atoms with Crippen molar-refractivity contribution in [1.82, 2.24) is 4.98 Å². The number of hydrogen-bond acceptors (Lipinski definition) is 1. The third-order valence-corrected chi connectivity index (χ3v) is 1.09. The minimum absolute atomic E-state index is 0. The van der Waals surface area contributed by atoms with Gasteiger partial charge in [0.25, 0.3) is 0 Å². The van der Waals surface area contributed by atoms with Crippen molar-refractivity contribution in [3.8, 4) is 0 Å². The Kier molecular flexibility index (Phi) is 46.1.